The molecule has 1 unspecified atom stereocenters. The molecule has 0 amide bonds. The second kappa shape index (κ2) is 8.43. The maximum atomic E-state index is 6.02. The summed E-state index contributed by atoms with van der Waals surface area (Å²) in [4.78, 5) is 2.10. The van der Waals surface area contributed by atoms with Crippen molar-refractivity contribution in [3.05, 3.63) is 53.1 Å². The Hall–Kier alpha value is -2.24. The summed E-state index contributed by atoms with van der Waals surface area (Å²) < 4.78 is 17.2. The van der Waals surface area contributed by atoms with Crippen molar-refractivity contribution in [1.29, 1.82) is 0 Å². The number of likely N-dealkylation sites (N-methyl/N-ethyl adjacent to an activating group) is 1. The van der Waals surface area contributed by atoms with E-state index in [1.54, 1.807) is 14.2 Å². The van der Waals surface area contributed by atoms with Gasteiger partial charge in [-0.05, 0) is 49.8 Å². The molecule has 140 valence electrons. The van der Waals surface area contributed by atoms with Gasteiger partial charge in [0.15, 0.2) is 11.5 Å². The lowest BCUT2D eigenvalue weighted by atomic mass is 9.89. The molecular formula is C21H28N2O3. The normalized spacial score (nSPS) is 16.3. The summed E-state index contributed by atoms with van der Waals surface area (Å²) in [6.07, 6.45) is 0.968. The van der Waals surface area contributed by atoms with Gasteiger partial charge >= 0.3 is 0 Å². The molecule has 1 N–H and O–H groups in total. The maximum Gasteiger partial charge on any atom is 0.161 e. The van der Waals surface area contributed by atoms with Gasteiger partial charge in [-0.1, -0.05) is 18.2 Å². The van der Waals surface area contributed by atoms with Crippen LogP contribution in [0.25, 0.3) is 0 Å². The lowest BCUT2D eigenvalue weighted by Crippen LogP contribution is -2.31. The van der Waals surface area contributed by atoms with E-state index in [1.807, 2.05) is 32.3 Å². The molecule has 0 radical (unpaired) electrons. The molecular weight excluding hydrogens is 328 g/mol. The highest BCUT2D eigenvalue weighted by Crippen LogP contribution is 2.39. The molecule has 0 aromatic heterocycles. The molecule has 0 bridgehead atoms. The average Bonchev–Trinajstić information content (AvgIpc) is 2.66. The molecule has 1 aliphatic heterocycles. The standard InChI is InChI=1S/C21H28N2O3/c1-23(2)11-12-26-20-14-17-15(13-19(20)25-4)9-10-22-21(17)16-7-5-6-8-18(16)24-3/h5-8,13-14,21-22H,9-12H2,1-4H3. The summed E-state index contributed by atoms with van der Waals surface area (Å²) in [5.41, 5.74) is 3.65. The second-order valence-electron chi connectivity index (χ2n) is 6.73. The molecule has 0 aliphatic carbocycles. The van der Waals surface area contributed by atoms with Crippen LogP contribution in [-0.4, -0.2) is 52.9 Å². The summed E-state index contributed by atoms with van der Waals surface area (Å²) in [6, 6.07) is 12.5. The molecule has 2 aromatic carbocycles. The minimum absolute atomic E-state index is 0.0806. The number of hydrogen-bond donors (Lipinski definition) is 1. The Labute approximate surface area is 155 Å². The van der Waals surface area contributed by atoms with Gasteiger partial charge in [0, 0.05) is 18.7 Å². The zero-order valence-corrected chi connectivity index (χ0v) is 16.0. The number of ether oxygens (including phenoxy) is 3. The van der Waals surface area contributed by atoms with Crippen LogP contribution in [-0.2, 0) is 6.42 Å². The van der Waals surface area contributed by atoms with Crippen LogP contribution >= 0.6 is 0 Å². The summed E-state index contributed by atoms with van der Waals surface area (Å²) >= 11 is 0. The minimum atomic E-state index is 0.0806. The average molecular weight is 356 g/mol. The van der Waals surface area contributed by atoms with Crippen LogP contribution in [0.15, 0.2) is 36.4 Å². The molecule has 0 spiro atoms. The maximum absolute atomic E-state index is 6.02. The Bertz CT molecular complexity index is 746. The molecule has 2 aromatic rings. The Balaban J connectivity index is 1.97. The lowest BCUT2D eigenvalue weighted by Gasteiger charge is -2.29. The fourth-order valence-corrected chi connectivity index (χ4v) is 3.36. The highest BCUT2D eigenvalue weighted by atomic mass is 16.5. The molecule has 5 nitrogen and oxygen atoms in total. The van der Waals surface area contributed by atoms with Crippen LogP contribution in [0.3, 0.4) is 0 Å². The van der Waals surface area contributed by atoms with E-state index in [0.29, 0.717) is 6.61 Å². The number of para-hydroxylation sites is 1. The third kappa shape index (κ3) is 3.94. The van der Waals surface area contributed by atoms with Gasteiger partial charge < -0.3 is 24.4 Å². The van der Waals surface area contributed by atoms with Crippen LogP contribution < -0.4 is 19.5 Å². The predicted octanol–water partition coefficient (Wildman–Crippen LogP) is 2.88. The SMILES string of the molecule is COc1cc2c(cc1OCCN(C)C)C(c1ccccc1OC)NCC2. The minimum Gasteiger partial charge on any atom is -0.496 e. The van der Waals surface area contributed by atoms with Gasteiger partial charge in [0.2, 0.25) is 0 Å². The second-order valence-corrected chi connectivity index (χ2v) is 6.73. The molecule has 0 fully saturated rings. The first-order valence-corrected chi connectivity index (χ1v) is 8.98. The van der Waals surface area contributed by atoms with E-state index in [9.17, 15) is 0 Å². The summed E-state index contributed by atoms with van der Waals surface area (Å²) in [5.74, 6) is 2.48. The zero-order chi connectivity index (χ0) is 18.5. The van der Waals surface area contributed by atoms with Crippen molar-refractivity contribution in [2.75, 3.05) is 48.0 Å². The quantitative estimate of drug-likeness (QED) is 0.826. The zero-order valence-electron chi connectivity index (χ0n) is 16.0. The van der Waals surface area contributed by atoms with Gasteiger partial charge in [-0.25, -0.2) is 0 Å². The van der Waals surface area contributed by atoms with Crippen LogP contribution in [0.1, 0.15) is 22.7 Å². The van der Waals surface area contributed by atoms with E-state index in [0.717, 1.165) is 42.3 Å². The lowest BCUT2D eigenvalue weighted by molar-refractivity contribution is 0.250. The molecule has 0 saturated carbocycles. The molecule has 5 heteroatoms. The fraction of sp³-hybridized carbons (Fsp3) is 0.429. The molecule has 26 heavy (non-hydrogen) atoms. The number of rotatable bonds is 7. The Kier molecular flexibility index (Phi) is 6.01. The number of hydrogen-bond acceptors (Lipinski definition) is 5. The van der Waals surface area contributed by atoms with Crippen molar-refractivity contribution >= 4 is 0 Å². The van der Waals surface area contributed by atoms with Gasteiger partial charge in [0.25, 0.3) is 0 Å². The fourth-order valence-electron chi connectivity index (χ4n) is 3.36. The number of nitrogens with zero attached hydrogens (tertiary/aromatic N) is 1. The summed E-state index contributed by atoms with van der Waals surface area (Å²) in [5, 5.41) is 3.62. The number of methoxy groups -OCH3 is 2. The molecule has 1 heterocycles. The third-order valence-electron chi connectivity index (χ3n) is 4.73. The first kappa shape index (κ1) is 18.5. The Morgan fingerprint density at radius 2 is 1.77 bits per heavy atom. The predicted molar refractivity (Wildman–Crippen MR) is 104 cm³/mol. The van der Waals surface area contributed by atoms with E-state index in [-0.39, 0.29) is 6.04 Å². The highest BCUT2D eigenvalue weighted by Gasteiger charge is 2.26. The Morgan fingerprint density at radius 1 is 1.00 bits per heavy atom. The van der Waals surface area contributed by atoms with Crippen molar-refractivity contribution in [1.82, 2.24) is 10.2 Å². The van der Waals surface area contributed by atoms with Crippen molar-refractivity contribution in [2.24, 2.45) is 0 Å². The van der Waals surface area contributed by atoms with E-state index in [4.69, 9.17) is 14.2 Å². The Morgan fingerprint density at radius 3 is 2.50 bits per heavy atom. The van der Waals surface area contributed by atoms with Crippen molar-refractivity contribution in [3.8, 4) is 17.2 Å². The third-order valence-corrected chi connectivity index (χ3v) is 4.73. The van der Waals surface area contributed by atoms with Crippen molar-refractivity contribution < 1.29 is 14.2 Å². The number of nitrogens with one attached hydrogen (secondary N) is 1. The van der Waals surface area contributed by atoms with Crippen LogP contribution in [0.2, 0.25) is 0 Å². The van der Waals surface area contributed by atoms with Crippen LogP contribution in [0.4, 0.5) is 0 Å². The largest absolute Gasteiger partial charge is 0.496 e. The smallest absolute Gasteiger partial charge is 0.161 e. The van der Waals surface area contributed by atoms with Crippen molar-refractivity contribution in [3.63, 3.8) is 0 Å². The first-order valence-electron chi connectivity index (χ1n) is 8.98. The van der Waals surface area contributed by atoms with E-state index in [1.165, 1.54) is 11.1 Å². The van der Waals surface area contributed by atoms with Gasteiger partial charge in [-0.3, -0.25) is 0 Å². The van der Waals surface area contributed by atoms with E-state index >= 15 is 0 Å². The van der Waals surface area contributed by atoms with Gasteiger partial charge in [0.05, 0.1) is 20.3 Å². The molecule has 1 aliphatic rings. The van der Waals surface area contributed by atoms with Crippen LogP contribution in [0, 0.1) is 0 Å². The molecule has 0 saturated heterocycles. The topological polar surface area (TPSA) is 43.0 Å². The molecule has 3 rings (SSSR count). The van der Waals surface area contributed by atoms with Crippen molar-refractivity contribution in [2.45, 2.75) is 12.5 Å². The monoisotopic (exact) mass is 356 g/mol. The van der Waals surface area contributed by atoms with E-state index in [2.05, 4.69) is 28.4 Å². The summed E-state index contributed by atoms with van der Waals surface area (Å²) in [6.45, 7) is 2.39. The molecule has 1 atom stereocenters. The van der Waals surface area contributed by atoms with Gasteiger partial charge in [-0.2, -0.15) is 0 Å². The summed E-state index contributed by atoms with van der Waals surface area (Å²) in [7, 11) is 7.48. The van der Waals surface area contributed by atoms with Gasteiger partial charge in [-0.15, -0.1) is 0 Å². The number of fused-ring (bicyclic) bond motifs is 1. The van der Waals surface area contributed by atoms with E-state index < -0.39 is 0 Å². The number of benzene rings is 2. The van der Waals surface area contributed by atoms with Gasteiger partial charge in [0.1, 0.15) is 12.4 Å². The first-order chi connectivity index (χ1) is 12.6. The van der Waals surface area contributed by atoms with Crippen LogP contribution in [0.5, 0.6) is 17.2 Å². The highest BCUT2D eigenvalue weighted by molar-refractivity contribution is 5.53.